The van der Waals surface area contributed by atoms with Gasteiger partial charge in [0, 0.05) is 11.3 Å². The topological polar surface area (TPSA) is 72.2 Å². The molecule has 20 heavy (non-hydrogen) atoms. The lowest BCUT2D eigenvalue weighted by molar-refractivity contribution is 0.0995. The van der Waals surface area contributed by atoms with Crippen molar-refractivity contribution in [3.8, 4) is 0 Å². The number of primary amides is 1. The van der Waals surface area contributed by atoms with Crippen molar-refractivity contribution < 1.29 is 9.59 Å². The first-order valence-corrected chi connectivity index (χ1v) is 6.33. The van der Waals surface area contributed by atoms with E-state index in [2.05, 4.69) is 5.32 Å². The first-order valence-electron chi connectivity index (χ1n) is 5.95. The Balaban J connectivity index is 2.24. The van der Waals surface area contributed by atoms with E-state index in [0.717, 1.165) is 11.3 Å². The molecule has 0 bridgehead atoms. The van der Waals surface area contributed by atoms with Crippen LogP contribution >= 0.6 is 11.6 Å². The largest absolute Gasteiger partial charge is 0.366 e. The van der Waals surface area contributed by atoms with Gasteiger partial charge in [-0.05, 0) is 36.8 Å². The number of nitrogens with two attached hydrogens (primary N) is 1. The Morgan fingerprint density at radius 1 is 1.15 bits per heavy atom. The van der Waals surface area contributed by atoms with Crippen molar-refractivity contribution in [1.29, 1.82) is 0 Å². The standard InChI is InChI=1S/C15H13ClN2O2/c1-9-4-2-3-5-13(9)18-15(20)10-6-7-11(14(17)19)12(16)8-10/h2-8H,1H3,(H2,17,19)(H,18,20). The molecule has 0 heterocycles. The number of rotatable bonds is 3. The van der Waals surface area contributed by atoms with Gasteiger partial charge in [0.1, 0.15) is 0 Å². The summed E-state index contributed by atoms with van der Waals surface area (Å²) >= 11 is 5.92. The molecule has 0 spiro atoms. The molecule has 4 nitrogen and oxygen atoms in total. The smallest absolute Gasteiger partial charge is 0.255 e. The number of benzene rings is 2. The molecule has 0 aromatic heterocycles. The van der Waals surface area contributed by atoms with Gasteiger partial charge in [-0.1, -0.05) is 29.8 Å². The molecule has 102 valence electrons. The Morgan fingerprint density at radius 2 is 1.85 bits per heavy atom. The molecule has 0 radical (unpaired) electrons. The fourth-order valence-electron chi connectivity index (χ4n) is 1.76. The number of para-hydroxylation sites is 1. The molecule has 0 saturated carbocycles. The summed E-state index contributed by atoms with van der Waals surface area (Å²) < 4.78 is 0. The van der Waals surface area contributed by atoms with Crippen LogP contribution < -0.4 is 11.1 Å². The van der Waals surface area contributed by atoms with Crippen LogP contribution in [0.4, 0.5) is 5.69 Å². The number of aryl methyl sites for hydroxylation is 1. The summed E-state index contributed by atoms with van der Waals surface area (Å²) in [4.78, 5) is 23.2. The highest BCUT2D eigenvalue weighted by molar-refractivity contribution is 6.34. The van der Waals surface area contributed by atoms with Gasteiger partial charge in [-0.25, -0.2) is 0 Å². The fraction of sp³-hybridized carbons (Fsp3) is 0.0667. The Hall–Kier alpha value is -2.33. The van der Waals surface area contributed by atoms with Crippen LogP contribution in [0.5, 0.6) is 0 Å². The zero-order chi connectivity index (χ0) is 14.7. The summed E-state index contributed by atoms with van der Waals surface area (Å²) in [7, 11) is 0. The average Bonchev–Trinajstić information content (AvgIpc) is 2.40. The summed E-state index contributed by atoms with van der Waals surface area (Å²) in [5.41, 5.74) is 7.41. The second-order valence-electron chi connectivity index (χ2n) is 4.33. The summed E-state index contributed by atoms with van der Waals surface area (Å²) in [6.07, 6.45) is 0. The van der Waals surface area contributed by atoms with Crippen LogP contribution in [0.25, 0.3) is 0 Å². The van der Waals surface area contributed by atoms with Gasteiger partial charge in [-0.2, -0.15) is 0 Å². The van der Waals surface area contributed by atoms with Crippen LogP contribution in [0.3, 0.4) is 0 Å². The van der Waals surface area contributed by atoms with E-state index in [4.69, 9.17) is 17.3 Å². The third-order valence-electron chi connectivity index (χ3n) is 2.89. The van der Waals surface area contributed by atoms with Crippen LogP contribution in [-0.4, -0.2) is 11.8 Å². The van der Waals surface area contributed by atoms with Gasteiger partial charge in [0.25, 0.3) is 5.91 Å². The number of carbonyl (C=O) groups excluding carboxylic acids is 2. The zero-order valence-corrected chi connectivity index (χ0v) is 11.6. The van der Waals surface area contributed by atoms with E-state index in [-0.39, 0.29) is 16.5 Å². The Kier molecular flexibility index (Phi) is 4.05. The molecule has 3 N–H and O–H groups in total. The van der Waals surface area contributed by atoms with Crippen molar-refractivity contribution in [1.82, 2.24) is 0 Å². The SMILES string of the molecule is Cc1ccccc1NC(=O)c1ccc(C(N)=O)c(Cl)c1. The van der Waals surface area contributed by atoms with Crippen LogP contribution in [0.2, 0.25) is 5.02 Å². The second-order valence-corrected chi connectivity index (χ2v) is 4.74. The Bertz CT molecular complexity index is 683. The Morgan fingerprint density at radius 3 is 2.45 bits per heavy atom. The number of halogens is 1. The highest BCUT2D eigenvalue weighted by Crippen LogP contribution is 2.19. The van der Waals surface area contributed by atoms with E-state index in [0.29, 0.717) is 5.56 Å². The molecule has 0 atom stereocenters. The van der Waals surface area contributed by atoms with E-state index < -0.39 is 5.91 Å². The molecule has 2 aromatic carbocycles. The van der Waals surface area contributed by atoms with Gasteiger partial charge in [0.05, 0.1) is 10.6 Å². The Labute approximate surface area is 121 Å². The van der Waals surface area contributed by atoms with Crippen molar-refractivity contribution in [2.45, 2.75) is 6.92 Å². The number of anilines is 1. The lowest BCUT2D eigenvalue weighted by Crippen LogP contribution is -2.15. The highest BCUT2D eigenvalue weighted by atomic mass is 35.5. The quantitative estimate of drug-likeness (QED) is 0.911. The predicted molar refractivity (Wildman–Crippen MR) is 79.1 cm³/mol. The first-order chi connectivity index (χ1) is 9.49. The minimum absolute atomic E-state index is 0.162. The maximum Gasteiger partial charge on any atom is 0.255 e. The number of carbonyl (C=O) groups is 2. The molecule has 0 aliphatic heterocycles. The number of hydrogen-bond donors (Lipinski definition) is 2. The van der Waals surface area contributed by atoms with Crippen LogP contribution in [0.1, 0.15) is 26.3 Å². The van der Waals surface area contributed by atoms with E-state index >= 15 is 0 Å². The summed E-state index contributed by atoms with van der Waals surface area (Å²) in [5.74, 6) is -0.918. The fourth-order valence-corrected chi connectivity index (χ4v) is 2.04. The second kappa shape index (κ2) is 5.75. The molecular formula is C15H13ClN2O2. The average molecular weight is 289 g/mol. The number of hydrogen-bond acceptors (Lipinski definition) is 2. The number of nitrogens with one attached hydrogen (secondary N) is 1. The normalized spacial score (nSPS) is 10.1. The third-order valence-corrected chi connectivity index (χ3v) is 3.20. The van der Waals surface area contributed by atoms with Gasteiger partial charge < -0.3 is 11.1 Å². The van der Waals surface area contributed by atoms with Gasteiger partial charge >= 0.3 is 0 Å². The molecule has 2 amide bonds. The summed E-state index contributed by atoms with van der Waals surface area (Å²) in [6.45, 7) is 1.90. The molecule has 2 rings (SSSR count). The molecule has 2 aromatic rings. The minimum Gasteiger partial charge on any atom is -0.366 e. The van der Waals surface area contributed by atoms with Crippen molar-refractivity contribution in [3.05, 3.63) is 64.2 Å². The molecule has 5 heteroatoms. The third kappa shape index (κ3) is 2.97. The zero-order valence-electron chi connectivity index (χ0n) is 10.8. The van der Waals surface area contributed by atoms with Gasteiger partial charge in [0.2, 0.25) is 5.91 Å². The molecule has 0 unspecified atom stereocenters. The van der Waals surface area contributed by atoms with Crippen LogP contribution in [0.15, 0.2) is 42.5 Å². The maximum atomic E-state index is 12.1. The summed E-state index contributed by atoms with van der Waals surface area (Å²) in [5, 5.41) is 2.95. The summed E-state index contributed by atoms with van der Waals surface area (Å²) in [6, 6.07) is 11.8. The molecule has 0 fully saturated rings. The van der Waals surface area contributed by atoms with E-state index in [1.807, 2.05) is 31.2 Å². The monoisotopic (exact) mass is 288 g/mol. The van der Waals surface area contributed by atoms with E-state index in [9.17, 15) is 9.59 Å². The predicted octanol–water partition coefficient (Wildman–Crippen LogP) is 3.00. The van der Waals surface area contributed by atoms with Crippen LogP contribution in [-0.2, 0) is 0 Å². The van der Waals surface area contributed by atoms with Gasteiger partial charge in [-0.3, -0.25) is 9.59 Å². The maximum absolute atomic E-state index is 12.1. The van der Waals surface area contributed by atoms with Gasteiger partial charge in [0.15, 0.2) is 0 Å². The molecule has 0 aliphatic carbocycles. The van der Waals surface area contributed by atoms with Crippen molar-refractivity contribution in [2.75, 3.05) is 5.32 Å². The number of amides is 2. The highest BCUT2D eigenvalue weighted by Gasteiger charge is 2.12. The van der Waals surface area contributed by atoms with Crippen molar-refractivity contribution >= 4 is 29.1 Å². The first kappa shape index (κ1) is 14.1. The van der Waals surface area contributed by atoms with E-state index in [1.165, 1.54) is 18.2 Å². The lowest BCUT2D eigenvalue weighted by atomic mass is 10.1. The van der Waals surface area contributed by atoms with Crippen molar-refractivity contribution in [2.24, 2.45) is 5.73 Å². The van der Waals surface area contributed by atoms with Crippen LogP contribution in [0, 0.1) is 6.92 Å². The molecule has 0 saturated heterocycles. The van der Waals surface area contributed by atoms with E-state index in [1.54, 1.807) is 0 Å². The minimum atomic E-state index is -0.624. The van der Waals surface area contributed by atoms with Crippen molar-refractivity contribution in [3.63, 3.8) is 0 Å². The molecular weight excluding hydrogens is 276 g/mol. The lowest BCUT2D eigenvalue weighted by Gasteiger charge is -2.09. The molecule has 0 aliphatic rings. The van der Waals surface area contributed by atoms with Gasteiger partial charge in [-0.15, -0.1) is 0 Å².